The second kappa shape index (κ2) is 7.54. The van der Waals surface area contributed by atoms with E-state index in [1.807, 2.05) is 0 Å². The van der Waals surface area contributed by atoms with Crippen LogP contribution in [0.5, 0.6) is 5.75 Å². The topological polar surface area (TPSA) is 87.7 Å². The Morgan fingerprint density at radius 1 is 1.21 bits per heavy atom. The summed E-state index contributed by atoms with van der Waals surface area (Å²) in [6.07, 6.45) is 0.490. The number of nitrogens with zero attached hydrogens (tertiary/aromatic N) is 1. The molecule has 2 aliphatic heterocycles. The lowest BCUT2D eigenvalue weighted by molar-refractivity contribution is -0.136. The molecule has 4 rings (SSSR count). The number of amides is 3. The smallest absolute Gasteiger partial charge is 0.255 e. The number of piperidine rings is 1. The number of carbonyl (C=O) groups is 3. The normalized spacial score (nSPS) is 18.5. The molecule has 0 radical (unpaired) electrons. The van der Waals surface area contributed by atoms with Gasteiger partial charge in [0.25, 0.3) is 5.91 Å². The minimum atomic E-state index is -0.690. The summed E-state index contributed by atoms with van der Waals surface area (Å²) >= 11 is 0. The van der Waals surface area contributed by atoms with Gasteiger partial charge in [-0.15, -0.1) is 0 Å². The fourth-order valence-corrected chi connectivity index (χ4v) is 3.73. The van der Waals surface area contributed by atoms with Gasteiger partial charge in [0.05, 0.1) is 12.2 Å². The summed E-state index contributed by atoms with van der Waals surface area (Å²) in [4.78, 5) is 37.9. The van der Waals surface area contributed by atoms with Crippen molar-refractivity contribution in [1.82, 2.24) is 10.2 Å². The van der Waals surface area contributed by atoms with Crippen molar-refractivity contribution in [2.45, 2.75) is 32.0 Å². The molecule has 1 saturated heterocycles. The molecule has 0 aliphatic carbocycles. The van der Waals surface area contributed by atoms with Crippen LogP contribution >= 0.6 is 0 Å². The van der Waals surface area contributed by atoms with E-state index < -0.39 is 11.9 Å². The minimum Gasteiger partial charge on any atom is -0.488 e. The van der Waals surface area contributed by atoms with E-state index in [9.17, 15) is 18.8 Å². The fraction of sp³-hybridized carbons (Fsp3) is 0.286. The number of imide groups is 1. The van der Waals surface area contributed by atoms with Gasteiger partial charge in [0, 0.05) is 30.2 Å². The van der Waals surface area contributed by atoms with Crippen LogP contribution in [-0.4, -0.2) is 35.7 Å². The molecule has 2 aromatic carbocycles. The van der Waals surface area contributed by atoms with Crippen molar-refractivity contribution in [2.75, 3.05) is 12.4 Å². The molecule has 0 bridgehead atoms. The maximum absolute atomic E-state index is 14.4. The highest BCUT2D eigenvalue weighted by Crippen LogP contribution is 2.34. The number of carbonyl (C=O) groups excluding carboxylic acids is 3. The Morgan fingerprint density at radius 3 is 2.76 bits per heavy atom. The number of benzene rings is 2. The molecule has 0 saturated carbocycles. The first-order chi connectivity index (χ1) is 14.0. The van der Waals surface area contributed by atoms with Gasteiger partial charge in [0.1, 0.15) is 18.4 Å². The van der Waals surface area contributed by atoms with Gasteiger partial charge in [-0.1, -0.05) is 18.2 Å². The maximum atomic E-state index is 14.4. The van der Waals surface area contributed by atoms with Crippen molar-refractivity contribution in [3.8, 4) is 5.75 Å². The third-order valence-electron chi connectivity index (χ3n) is 5.27. The fourth-order valence-electron chi connectivity index (χ4n) is 3.73. The second-order valence-electron chi connectivity index (χ2n) is 7.00. The predicted octanol–water partition coefficient (Wildman–Crippen LogP) is 2.21. The highest BCUT2D eigenvalue weighted by molar-refractivity contribution is 6.05. The Bertz CT molecular complexity index is 1010. The average Bonchev–Trinajstić information content (AvgIpc) is 3.04. The number of fused-ring (bicyclic) bond motifs is 1. The van der Waals surface area contributed by atoms with Crippen molar-refractivity contribution < 1.29 is 23.5 Å². The maximum Gasteiger partial charge on any atom is 0.255 e. The van der Waals surface area contributed by atoms with Gasteiger partial charge in [-0.25, -0.2) is 4.39 Å². The van der Waals surface area contributed by atoms with Crippen LogP contribution in [0, 0.1) is 5.82 Å². The Morgan fingerprint density at radius 2 is 2.00 bits per heavy atom. The number of hydrogen-bond donors (Lipinski definition) is 2. The van der Waals surface area contributed by atoms with Crippen LogP contribution in [0.2, 0.25) is 0 Å². The van der Waals surface area contributed by atoms with Gasteiger partial charge in [-0.2, -0.15) is 0 Å². The molecule has 2 heterocycles. The molecule has 1 fully saturated rings. The third kappa shape index (κ3) is 3.41. The molecule has 29 heavy (non-hydrogen) atoms. The summed E-state index contributed by atoms with van der Waals surface area (Å²) in [6.45, 7) is 0.208. The van der Waals surface area contributed by atoms with E-state index in [0.717, 1.165) is 0 Å². The van der Waals surface area contributed by atoms with Crippen LogP contribution in [0.25, 0.3) is 0 Å². The van der Waals surface area contributed by atoms with Crippen molar-refractivity contribution in [3.63, 3.8) is 0 Å². The first-order valence-corrected chi connectivity index (χ1v) is 9.34. The van der Waals surface area contributed by atoms with Gasteiger partial charge in [-0.05, 0) is 24.6 Å². The van der Waals surface area contributed by atoms with Crippen molar-refractivity contribution in [2.24, 2.45) is 0 Å². The van der Waals surface area contributed by atoms with E-state index in [1.165, 1.54) is 4.90 Å². The van der Waals surface area contributed by atoms with Gasteiger partial charge in [0.2, 0.25) is 11.8 Å². The molecule has 2 N–H and O–H groups in total. The largest absolute Gasteiger partial charge is 0.488 e. The Kier molecular flexibility index (Phi) is 4.92. The van der Waals surface area contributed by atoms with E-state index in [-0.39, 0.29) is 37.2 Å². The summed E-state index contributed by atoms with van der Waals surface area (Å²) in [5, 5.41) is 5.07. The van der Waals surface area contributed by atoms with Gasteiger partial charge < -0.3 is 15.0 Å². The van der Waals surface area contributed by atoms with Gasteiger partial charge in [-0.3, -0.25) is 19.7 Å². The summed E-state index contributed by atoms with van der Waals surface area (Å²) in [5.41, 5.74) is 1.88. The van der Waals surface area contributed by atoms with Crippen LogP contribution < -0.4 is 15.4 Å². The predicted molar refractivity (Wildman–Crippen MR) is 103 cm³/mol. The summed E-state index contributed by atoms with van der Waals surface area (Å²) < 4.78 is 20.3. The molecular weight excluding hydrogens is 377 g/mol. The lowest BCUT2D eigenvalue weighted by atomic mass is 10.0. The lowest BCUT2D eigenvalue weighted by Gasteiger charge is -2.29. The number of ether oxygens (including phenoxy) is 1. The first kappa shape index (κ1) is 18.9. The van der Waals surface area contributed by atoms with Crippen LogP contribution in [0.1, 0.15) is 34.3 Å². The number of nitrogens with one attached hydrogen (secondary N) is 2. The van der Waals surface area contributed by atoms with Crippen molar-refractivity contribution >= 4 is 23.4 Å². The molecule has 7 nitrogen and oxygen atoms in total. The Hall–Kier alpha value is -3.42. The Labute approximate surface area is 166 Å². The third-order valence-corrected chi connectivity index (χ3v) is 5.27. The first-order valence-electron chi connectivity index (χ1n) is 9.34. The molecule has 8 heteroatoms. The highest BCUT2D eigenvalue weighted by Gasteiger charge is 2.40. The van der Waals surface area contributed by atoms with Gasteiger partial charge >= 0.3 is 0 Å². The van der Waals surface area contributed by atoms with E-state index in [2.05, 4.69) is 10.6 Å². The number of anilines is 1. The van der Waals surface area contributed by atoms with Crippen LogP contribution in [-0.2, 0) is 22.7 Å². The molecular formula is C21H20FN3O4. The van der Waals surface area contributed by atoms with Crippen molar-refractivity contribution in [1.29, 1.82) is 0 Å². The van der Waals surface area contributed by atoms with Gasteiger partial charge in [0.15, 0.2) is 5.82 Å². The van der Waals surface area contributed by atoms with Crippen LogP contribution in [0.3, 0.4) is 0 Å². The number of hydrogen-bond acceptors (Lipinski definition) is 5. The highest BCUT2D eigenvalue weighted by atomic mass is 19.1. The summed E-state index contributed by atoms with van der Waals surface area (Å²) in [7, 11) is 1.64. The molecule has 2 aliphatic rings. The summed E-state index contributed by atoms with van der Waals surface area (Å²) in [5.74, 6) is -0.979. The summed E-state index contributed by atoms with van der Waals surface area (Å²) in [6, 6.07) is 9.41. The lowest BCUT2D eigenvalue weighted by Crippen LogP contribution is -2.52. The zero-order valence-electron chi connectivity index (χ0n) is 15.8. The standard InChI is InChI=1S/C21H20FN3O4/c1-23-15-6-2-4-12(19(15)22)11-29-17-7-3-5-13-14(17)10-25(21(13)28)16-8-9-18(26)24-20(16)27/h2-7,16,23H,8-11H2,1H3,(H,24,26,27)/t16-/m0/s1. The molecule has 150 valence electrons. The minimum absolute atomic E-state index is 0.00438. The average molecular weight is 397 g/mol. The van der Waals surface area contributed by atoms with E-state index in [0.29, 0.717) is 34.5 Å². The van der Waals surface area contributed by atoms with Crippen molar-refractivity contribution in [3.05, 3.63) is 58.9 Å². The SMILES string of the molecule is CNc1cccc(COc2cccc3c2CN([C@H]2CCC(=O)NC2=O)C3=O)c1F. The number of rotatable bonds is 5. The van der Waals surface area contributed by atoms with E-state index >= 15 is 0 Å². The molecule has 3 amide bonds. The molecule has 2 aromatic rings. The second-order valence-corrected chi connectivity index (χ2v) is 7.00. The van der Waals surface area contributed by atoms with E-state index in [1.54, 1.807) is 43.4 Å². The molecule has 0 unspecified atom stereocenters. The molecule has 0 aromatic heterocycles. The monoisotopic (exact) mass is 397 g/mol. The van der Waals surface area contributed by atoms with Crippen LogP contribution in [0.4, 0.5) is 10.1 Å². The zero-order chi connectivity index (χ0) is 20.5. The molecule has 0 spiro atoms. The Balaban J connectivity index is 1.54. The molecule has 1 atom stereocenters. The van der Waals surface area contributed by atoms with Crippen LogP contribution in [0.15, 0.2) is 36.4 Å². The number of halogens is 1. The zero-order valence-corrected chi connectivity index (χ0v) is 15.8. The quantitative estimate of drug-likeness (QED) is 0.756. The van der Waals surface area contributed by atoms with E-state index in [4.69, 9.17) is 4.74 Å².